The summed E-state index contributed by atoms with van der Waals surface area (Å²) in [6, 6.07) is 7.42. The first kappa shape index (κ1) is 12.7. The van der Waals surface area contributed by atoms with Gasteiger partial charge < -0.3 is 9.72 Å². The third-order valence-electron chi connectivity index (χ3n) is 2.91. The van der Waals surface area contributed by atoms with Gasteiger partial charge in [-0.05, 0) is 31.2 Å². The number of nitrogens with one attached hydrogen (secondary N) is 2. The van der Waals surface area contributed by atoms with Crippen LogP contribution < -0.4 is 10.1 Å². The lowest BCUT2D eigenvalue weighted by Crippen LogP contribution is -2.11. The Bertz CT molecular complexity index is 776. The van der Waals surface area contributed by atoms with E-state index in [1.165, 1.54) is 11.3 Å². The van der Waals surface area contributed by atoms with Gasteiger partial charge in [-0.25, -0.2) is 4.98 Å². The minimum Gasteiger partial charge on any atom is -0.497 e. The van der Waals surface area contributed by atoms with E-state index < -0.39 is 0 Å². The van der Waals surface area contributed by atoms with E-state index in [9.17, 15) is 4.79 Å². The minimum atomic E-state index is -0.200. The Morgan fingerprint density at radius 3 is 2.95 bits per heavy atom. The van der Waals surface area contributed by atoms with Gasteiger partial charge in [0.1, 0.15) is 11.4 Å². The maximum absolute atomic E-state index is 12.1. The summed E-state index contributed by atoms with van der Waals surface area (Å²) in [6.45, 7) is 1.89. The van der Waals surface area contributed by atoms with Crippen LogP contribution in [0.4, 0.5) is 5.13 Å². The summed E-state index contributed by atoms with van der Waals surface area (Å²) in [4.78, 5) is 19.4. The SMILES string of the molecule is COc1ccc2[nH]c(C(=O)Nc3nc(C)cs3)cc2c1. The molecule has 0 aliphatic carbocycles. The Balaban J connectivity index is 1.87. The molecule has 2 aromatic heterocycles. The van der Waals surface area contributed by atoms with Gasteiger partial charge in [0.15, 0.2) is 5.13 Å². The average Bonchev–Trinajstić information content (AvgIpc) is 3.03. The first-order valence-corrected chi connectivity index (χ1v) is 6.94. The normalized spacial score (nSPS) is 10.7. The number of fused-ring (bicyclic) bond motifs is 1. The number of rotatable bonds is 3. The fraction of sp³-hybridized carbons (Fsp3) is 0.143. The molecule has 2 heterocycles. The Hall–Kier alpha value is -2.34. The van der Waals surface area contributed by atoms with E-state index in [4.69, 9.17) is 4.74 Å². The molecule has 1 aromatic carbocycles. The molecular weight excluding hydrogens is 274 g/mol. The van der Waals surface area contributed by atoms with E-state index in [1.807, 2.05) is 30.5 Å². The number of aromatic amines is 1. The fourth-order valence-electron chi connectivity index (χ4n) is 1.94. The van der Waals surface area contributed by atoms with Crippen LogP contribution in [0.2, 0.25) is 0 Å². The first-order chi connectivity index (χ1) is 9.65. The number of methoxy groups -OCH3 is 1. The van der Waals surface area contributed by atoms with E-state index in [0.29, 0.717) is 10.8 Å². The summed E-state index contributed by atoms with van der Waals surface area (Å²) in [5, 5.41) is 6.20. The van der Waals surface area contributed by atoms with Crippen LogP contribution >= 0.6 is 11.3 Å². The van der Waals surface area contributed by atoms with Crippen molar-refractivity contribution in [3.05, 3.63) is 41.0 Å². The average molecular weight is 287 g/mol. The number of H-pyrrole nitrogens is 1. The van der Waals surface area contributed by atoms with Gasteiger partial charge >= 0.3 is 0 Å². The zero-order chi connectivity index (χ0) is 14.1. The molecular formula is C14H13N3O2S. The highest BCUT2D eigenvalue weighted by Gasteiger charge is 2.11. The van der Waals surface area contributed by atoms with E-state index in [0.717, 1.165) is 22.3 Å². The van der Waals surface area contributed by atoms with Crippen LogP contribution in [0.15, 0.2) is 29.6 Å². The standard InChI is InChI=1S/C14H13N3O2S/c1-8-7-20-14(15-8)17-13(18)12-6-9-5-10(19-2)3-4-11(9)16-12/h3-7,16H,1-2H3,(H,15,17,18). The first-order valence-electron chi connectivity index (χ1n) is 6.06. The molecule has 5 nitrogen and oxygen atoms in total. The number of hydrogen-bond acceptors (Lipinski definition) is 4. The molecule has 2 N–H and O–H groups in total. The van der Waals surface area contributed by atoms with Gasteiger partial charge in [-0.3, -0.25) is 10.1 Å². The van der Waals surface area contributed by atoms with E-state index >= 15 is 0 Å². The van der Waals surface area contributed by atoms with Gasteiger partial charge in [-0.2, -0.15) is 0 Å². The number of nitrogens with zero attached hydrogens (tertiary/aromatic N) is 1. The monoisotopic (exact) mass is 287 g/mol. The highest BCUT2D eigenvalue weighted by atomic mass is 32.1. The molecule has 20 heavy (non-hydrogen) atoms. The van der Waals surface area contributed by atoms with Crippen molar-refractivity contribution in [2.45, 2.75) is 6.92 Å². The molecule has 0 aliphatic rings. The van der Waals surface area contributed by atoms with Crippen LogP contribution in [-0.4, -0.2) is 23.0 Å². The highest BCUT2D eigenvalue weighted by molar-refractivity contribution is 7.13. The Morgan fingerprint density at radius 2 is 2.25 bits per heavy atom. The molecule has 0 spiro atoms. The number of anilines is 1. The number of benzene rings is 1. The van der Waals surface area contributed by atoms with Gasteiger partial charge in [-0.1, -0.05) is 0 Å². The van der Waals surface area contributed by atoms with Crippen molar-refractivity contribution in [2.75, 3.05) is 12.4 Å². The summed E-state index contributed by atoms with van der Waals surface area (Å²) in [5.41, 5.74) is 2.29. The Kier molecular flexibility index (Phi) is 3.15. The zero-order valence-electron chi connectivity index (χ0n) is 11.1. The number of carbonyl (C=O) groups is 1. The van der Waals surface area contributed by atoms with Crippen molar-refractivity contribution in [2.24, 2.45) is 0 Å². The van der Waals surface area contributed by atoms with Gasteiger partial charge in [-0.15, -0.1) is 11.3 Å². The van der Waals surface area contributed by atoms with Crippen molar-refractivity contribution in [1.29, 1.82) is 0 Å². The second-order valence-corrected chi connectivity index (χ2v) is 5.24. The lowest BCUT2D eigenvalue weighted by atomic mass is 10.2. The molecule has 0 saturated carbocycles. The van der Waals surface area contributed by atoms with Crippen molar-refractivity contribution in [3.8, 4) is 5.75 Å². The lowest BCUT2D eigenvalue weighted by Gasteiger charge is -1.98. The molecule has 0 atom stereocenters. The van der Waals surface area contributed by atoms with Crippen molar-refractivity contribution in [3.63, 3.8) is 0 Å². The summed E-state index contributed by atoms with van der Waals surface area (Å²) in [6.07, 6.45) is 0. The topological polar surface area (TPSA) is 67.0 Å². The Labute approximate surface area is 119 Å². The summed E-state index contributed by atoms with van der Waals surface area (Å²) in [5.74, 6) is 0.563. The highest BCUT2D eigenvalue weighted by Crippen LogP contribution is 2.22. The lowest BCUT2D eigenvalue weighted by molar-refractivity contribution is 0.102. The van der Waals surface area contributed by atoms with Crippen molar-refractivity contribution < 1.29 is 9.53 Å². The maximum atomic E-state index is 12.1. The summed E-state index contributed by atoms with van der Waals surface area (Å²) in [7, 11) is 1.62. The molecule has 102 valence electrons. The molecule has 0 bridgehead atoms. The number of aromatic nitrogens is 2. The van der Waals surface area contributed by atoms with Gasteiger partial charge in [0.05, 0.1) is 12.8 Å². The van der Waals surface area contributed by atoms with Gasteiger partial charge in [0.2, 0.25) is 0 Å². The third-order valence-corrected chi connectivity index (χ3v) is 3.79. The van der Waals surface area contributed by atoms with Crippen LogP contribution in [-0.2, 0) is 0 Å². The molecule has 0 radical (unpaired) electrons. The number of hydrogen-bond donors (Lipinski definition) is 2. The van der Waals surface area contributed by atoms with Crippen LogP contribution in [0.3, 0.4) is 0 Å². The second-order valence-electron chi connectivity index (χ2n) is 4.38. The van der Waals surface area contributed by atoms with E-state index in [-0.39, 0.29) is 5.91 Å². The number of amides is 1. The smallest absolute Gasteiger partial charge is 0.273 e. The second kappa shape index (κ2) is 4.97. The minimum absolute atomic E-state index is 0.200. The summed E-state index contributed by atoms with van der Waals surface area (Å²) < 4.78 is 5.17. The van der Waals surface area contributed by atoms with Crippen molar-refractivity contribution in [1.82, 2.24) is 9.97 Å². The molecule has 3 rings (SSSR count). The van der Waals surface area contributed by atoms with Crippen LogP contribution in [0.25, 0.3) is 10.9 Å². The largest absolute Gasteiger partial charge is 0.497 e. The van der Waals surface area contributed by atoms with E-state index in [1.54, 1.807) is 13.2 Å². The van der Waals surface area contributed by atoms with Crippen molar-refractivity contribution >= 4 is 33.3 Å². The quantitative estimate of drug-likeness (QED) is 0.777. The number of aryl methyl sites for hydroxylation is 1. The molecule has 0 saturated heterocycles. The fourth-order valence-corrected chi connectivity index (χ4v) is 2.62. The summed E-state index contributed by atoms with van der Waals surface area (Å²) >= 11 is 1.41. The zero-order valence-corrected chi connectivity index (χ0v) is 11.9. The number of ether oxygens (including phenoxy) is 1. The molecule has 0 fully saturated rings. The van der Waals surface area contributed by atoms with Crippen LogP contribution in [0.5, 0.6) is 5.75 Å². The predicted molar refractivity (Wildman–Crippen MR) is 79.7 cm³/mol. The third kappa shape index (κ3) is 2.37. The molecule has 3 aromatic rings. The van der Waals surface area contributed by atoms with Gasteiger partial charge in [0.25, 0.3) is 5.91 Å². The molecule has 0 unspecified atom stereocenters. The van der Waals surface area contributed by atoms with Gasteiger partial charge in [0, 0.05) is 16.3 Å². The van der Waals surface area contributed by atoms with Crippen LogP contribution in [0, 0.1) is 6.92 Å². The maximum Gasteiger partial charge on any atom is 0.273 e. The molecule has 1 amide bonds. The van der Waals surface area contributed by atoms with Crippen LogP contribution in [0.1, 0.15) is 16.2 Å². The molecule has 6 heteroatoms. The predicted octanol–water partition coefficient (Wildman–Crippen LogP) is 3.19. The number of thiazole rings is 1. The number of carbonyl (C=O) groups excluding carboxylic acids is 1. The Morgan fingerprint density at radius 1 is 1.40 bits per heavy atom. The molecule has 0 aliphatic heterocycles. The van der Waals surface area contributed by atoms with E-state index in [2.05, 4.69) is 15.3 Å².